The fourth-order valence-electron chi connectivity index (χ4n) is 4.34. The van der Waals surface area contributed by atoms with E-state index in [1.54, 1.807) is 10.9 Å². The van der Waals surface area contributed by atoms with Crippen LogP contribution in [-0.2, 0) is 0 Å². The lowest BCUT2D eigenvalue weighted by Crippen LogP contribution is -2.42. The molecule has 1 amide bonds. The van der Waals surface area contributed by atoms with Gasteiger partial charge in [-0.15, -0.1) is 0 Å². The molecule has 1 N–H and O–H groups in total. The Balaban J connectivity index is 1.57. The number of nitrogens with one attached hydrogen (secondary N) is 1. The molecule has 0 radical (unpaired) electrons. The summed E-state index contributed by atoms with van der Waals surface area (Å²) in [4.78, 5) is 15.5. The van der Waals surface area contributed by atoms with Crippen LogP contribution in [0.4, 0.5) is 0 Å². The molecular formula is C21H21ClN4O2. The predicted octanol–water partition coefficient (Wildman–Crippen LogP) is 3.75. The topological polar surface area (TPSA) is 63.3 Å². The number of carbonyl (C=O) groups is 1. The van der Waals surface area contributed by atoms with Gasteiger partial charge in [-0.25, -0.2) is 4.68 Å². The molecule has 7 heteroatoms. The van der Waals surface area contributed by atoms with Crippen LogP contribution in [0.15, 0.2) is 53.1 Å². The minimum atomic E-state index is -0.00946. The van der Waals surface area contributed by atoms with Crippen molar-refractivity contribution in [3.05, 3.63) is 59.4 Å². The van der Waals surface area contributed by atoms with Crippen LogP contribution < -0.4 is 5.32 Å². The quantitative estimate of drug-likeness (QED) is 0.732. The maximum Gasteiger partial charge on any atom is 0.274 e. The van der Waals surface area contributed by atoms with Crippen molar-refractivity contribution < 1.29 is 9.21 Å². The van der Waals surface area contributed by atoms with E-state index < -0.39 is 0 Å². The van der Waals surface area contributed by atoms with E-state index in [1.807, 2.05) is 47.4 Å². The highest BCUT2D eigenvalue weighted by Crippen LogP contribution is 2.31. The summed E-state index contributed by atoms with van der Waals surface area (Å²) in [7, 11) is 0. The van der Waals surface area contributed by atoms with E-state index in [9.17, 15) is 4.79 Å². The molecule has 28 heavy (non-hydrogen) atoms. The summed E-state index contributed by atoms with van der Waals surface area (Å²) in [6, 6.07) is 13.5. The molecule has 144 valence electrons. The SMILES string of the molecule is O=C(c1cc(-c2ccco2)n(-c2cccc(Cl)c2)n1)N1C2CCNCC1CC2. The van der Waals surface area contributed by atoms with Crippen molar-refractivity contribution in [1.82, 2.24) is 20.0 Å². The fourth-order valence-corrected chi connectivity index (χ4v) is 4.52. The first-order valence-electron chi connectivity index (χ1n) is 9.64. The van der Waals surface area contributed by atoms with Gasteiger partial charge in [0.15, 0.2) is 11.5 Å². The highest BCUT2D eigenvalue weighted by atomic mass is 35.5. The molecule has 0 saturated carbocycles. The van der Waals surface area contributed by atoms with Crippen LogP contribution in [0.25, 0.3) is 17.1 Å². The van der Waals surface area contributed by atoms with Crippen LogP contribution in [0.1, 0.15) is 29.8 Å². The van der Waals surface area contributed by atoms with Crippen LogP contribution in [0, 0.1) is 0 Å². The maximum absolute atomic E-state index is 13.4. The molecule has 6 nitrogen and oxygen atoms in total. The molecule has 3 aromatic rings. The van der Waals surface area contributed by atoms with E-state index in [4.69, 9.17) is 16.0 Å². The van der Waals surface area contributed by atoms with Gasteiger partial charge in [0, 0.05) is 29.7 Å². The summed E-state index contributed by atoms with van der Waals surface area (Å²) < 4.78 is 7.33. The van der Waals surface area contributed by atoms with E-state index in [0.717, 1.165) is 43.7 Å². The standard InChI is InChI=1S/C21H21ClN4O2/c22-14-3-1-4-16(11-14)26-19(20-5-2-10-28-20)12-18(24-26)21(27)25-15-6-7-17(25)13-23-9-8-15/h1-5,10-12,15,17,23H,6-9,13H2. The third kappa shape index (κ3) is 3.02. The van der Waals surface area contributed by atoms with Crippen LogP contribution in [0.3, 0.4) is 0 Å². The largest absolute Gasteiger partial charge is 0.463 e. The van der Waals surface area contributed by atoms with E-state index in [2.05, 4.69) is 10.4 Å². The zero-order chi connectivity index (χ0) is 19.1. The second-order valence-corrected chi connectivity index (χ2v) is 7.81. The van der Waals surface area contributed by atoms with Gasteiger partial charge >= 0.3 is 0 Å². The smallest absolute Gasteiger partial charge is 0.274 e. The first-order valence-corrected chi connectivity index (χ1v) is 10.0. The highest BCUT2D eigenvalue weighted by molar-refractivity contribution is 6.30. The minimum Gasteiger partial charge on any atom is -0.463 e. The second kappa shape index (κ2) is 7.11. The number of aromatic nitrogens is 2. The molecule has 1 aromatic carbocycles. The monoisotopic (exact) mass is 396 g/mol. The summed E-state index contributed by atoms with van der Waals surface area (Å²) in [5.74, 6) is 0.650. The average molecular weight is 397 g/mol. The van der Waals surface area contributed by atoms with Gasteiger partial charge in [-0.2, -0.15) is 5.10 Å². The number of hydrogen-bond acceptors (Lipinski definition) is 4. The van der Waals surface area contributed by atoms with Gasteiger partial charge in [0.25, 0.3) is 5.91 Å². The fraction of sp³-hybridized carbons (Fsp3) is 0.333. The highest BCUT2D eigenvalue weighted by Gasteiger charge is 2.39. The number of carbonyl (C=O) groups excluding carboxylic acids is 1. The Morgan fingerprint density at radius 1 is 1.14 bits per heavy atom. The summed E-state index contributed by atoms with van der Waals surface area (Å²) in [5.41, 5.74) is 1.96. The zero-order valence-corrected chi connectivity index (χ0v) is 16.1. The number of amides is 1. The Bertz CT molecular complexity index is 984. The maximum atomic E-state index is 13.4. The molecule has 4 heterocycles. The van der Waals surface area contributed by atoms with Gasteiger partial charge in [-0.05, 0) is 56.1 Å². The van der Waals surface area contributed by atoms with E-state index in [0.29, 0.717) is 16.5 Å². The number of fused-ring (bicyclic) bond motifs is 2. The Hall–Kier alpha value is -2.57. The third-order valence-electron chi connectivity index (χ3n) is 5.64. The average Bonchev–Trinajstić information content (AvgIpc) is 3.38. The van der Waals surface area contributed by atoms with Crippen LogP contribution in [-0.4, -0.2) is 45.8 Å². The zero-order valence-electron chi connectivity index (χ0n) is 15.3. The van der Waals surface area contributed by atoms with Gasteiger partial charge in [0.05, 0.1) is 12.0 Å². The van der Waals surface area contributed by atoms with Gasteiger partial charge in [-0.1, -0.05) is 17.7 Å². The van der Waals surface area contributed by atoms with Gasteiger partial charge in [0.1, 0.15) is 5.69 Å². The van der Waals surface area contributed by atoms with Crippen LogP contribution in [0.2, 0.25) is 5.02 Å². The molecule has 0 spiro atoms. The van der Waals surface area contributed by atoms with Crippen LogP contribution >= 0.6 is 11.6 Å². The van der Waals surface area contributed by atoms with Crippen molar-refractivity contribution in [2.45, 2.75) is 31.3 Å². The van der Waals surface area contributed by atoms with Crippen molar-refractivity contribution in [2.24, 2.45) is 0 Å². The van der Waals surface area contributed by atoms with Crippen molar-refractivity contribution in [2.75, 3.05) is 13.1 Å². The first kappa shape index (κ1) is 17.5. The molecular weight excluding hydrogens is 376 g/mol. The van der Waals surface area contributed by atoms with Gasteiger partial charge < -0.3 is 14.6 Å². The number of benzene rings is 1. The summed E-state index contributed by atoms with van der Waals surface area (Å²) in [6.07, 6.45) is 4.72. The second-order valence-electron chi connectivity index (χ2n) is 7.37. The van der Waals surface area contributed by atoms with Crippen molar-refractivity contribution >= 4 is 17.5 Å². The molecule has 2 aromatic heterocycles. The lowest BCUT2D eigenvalue weighted by atomic mass is 10.1. The molecule has 2 aliphatic rings. The molecule has 2 aliphatic heterocycles. The van der Waals surface area contributed by atoms with Crippen LogP contribution in [0.5, 0.6) is 0 Å². The molecule has 5 rings (SSSR count). The van der Waals surface area contributed by atoms with Crippen molar-refractivity contribution in [1.29, 1.82) is 0 Å². The number of halogens is 1. The Morgan fingerprint density at radius 3 is 2.86 bits per heavy atom. The Kier molecular flexibility index (Phi) is 4.45. The first-order chi connectivity index (χ1) is 13.7. The van der Waals surface area contributed by atoms with Gasteiger partial charge in [-0.3, -0.25) is 4.79 Å². The summed E-state index contributed by atoms with van der Waals surface area (Å²) >= 11 is 6.18. The number of furan rings is 1. The van der Waals surface area contributed by atoms with Crippen molar-refractivity contribution in [3.63, 3.8) is 0 Å². The Labute approximate surface area is 168 Å². The predicted molar refractivity (Wildman–Crippen MR) is 107 cm³/mol. The number of hydrogen-bond donors (Lipinski definition) is 1. The third-order valence-corrected chi connectivity index (χ3v) is 5.88. The minimum absolute atomic E-state index is 0.00946. The molecule has 2 atom stereocenters. The number of rotatable bonds is 3. The number of nitrogens with zero attached hydrogens (tertiary/aromatic N) is 3. The van der Waals surface area contributed by atoms with E-state index in [1.165, 1.54) is 0 Å². The van der Waals surface area contributed by atoms with E-state index >= 15 is 0 Å². The lowest BCUT2D eigenvalue weighted by Gasteiger charge is -2.27. The lowest BCUT2D eigenvalue weighted by molar-refractivity contribution is 0.0673. The molecule has 2 bridgehead atoms. The summed E-state index contributed by atoms with van der Waals surface area (Å²) in [6.45, 7) is 1.81. The van der Waals surface area contributed by atoms with Gasteiger partial charge in [0.2, 0.25) is 0 Å². The molecule has 0 aliphatic carbocycles. The summed E-state index contributed by atoms with van der Waals surface area (Å²) in [5, 5.41) is 8.72. The van der Waals surface area contributed by atoms with E-state index in [-0.39, 0.29) is 18.0 Å². The Morgan fingerprint density at radius 2 is 2.04 bits per heavy atom. The normalized spacial score (nSPS) is 21.7. The molecule has 2 fully saturated rings. The molecule has 2 unspecified atom stereocenters. The van der Waals surface area contributed by atoms with Crippen molar-refractivity contribution in [3.8, 4) is 17.1 Å². The molecule has 2 saturated heterocycles.